The lowest BCUT2D eigenvalue weighted by Gasteiger charge is -2.14. The van der Waals surface area contributed by atoms with Crippen LogP contribution in [-0.4, -0.2) is 29.9 Å². The fraction of sp³-hybridized carbons (Fsp3) is 0.429. The monoisotopic (exact) mass is 317 g/mol. The van der Waals surface area contributed by atoms with Crippen LogP contribution in [0.2, 0.25) is 0 Å². The Morgan fingerprint density at radius 1 is 1.27 bits per heavy atom. The van der Waals surface area contributed by atoms with Crippen LogP contribution in [0.25, 0.3) is 0 Å². The molecule has 8 heteroatoms. The maximum absolute atomic E-state index is 12.3. The van der Waals surface area contributed by atoms with Gasteiger partial charge in [0.1, 0.15) is 11.2 Å². The highest BCUT2D eigenvalue weighted by molar-refractivity contribution is 6.04. The Morgan fingerprint density at radius 2 is 1.91 bits per heavy atom. The van der Waals surface area contributed by atoms with Gasteiger partial charge in [0, 0.05) is 6.54 Å². The van der Waals surface area contributed by atoms with Gasteiger partial charge in [0.05, 0.1) is 0 Å². The number of carboxylic acids is 1. The van der Waals surface area contributed by atoms with Gasteiger partial charge in [-0.05, 0) is 30.9 Å². The van der Waals surface area contributed by atoms with Crippen LogP contribution in [-0.2, 0) is 16.0 Å². The van der Waals surface area contributed by atoms with Crippen LogP contribution < -0.4 is 10.1 Å². The van der Waals surface area contributed by atoms with Crippen molar-refractivity contribution in [2.45, 2.75) is 25.6 Å². The molecule has 120 valence electrons. The number of alkyl halides is 3. The number of hydrogen-bond donors (Lipinski definition) is 2. The van der Waals surface area contributed by atoms with Crippen LogP contribution in [0.4, 0.5) is 13.2 Å². The van der Waals surface area contributed by atoms with Crippen molar-refractivity contribution in [1.29, 1.82) is 0 Å². The second kappa shape index (κ2) is 5.86. The molecule has 0 heterocycles. The van der Waals surface area contributed by atoms with Crippen molar-refractivity contribution in [3.05, 3.63) is 29.8 Å². The lowest BCUT2D eigenvalue weighted by molar-refractivity contribution is -0.274. The molecule has 1 fully saturated rings. The van der Waals surface area contributed by atoms with E-state index in [-0.39, 0.29) is 37.1 Å². The molecule has 5 nitrogen and oxygen atoms in total. The van der Waals surface area contributed by atoms with Gasteiger partial charge in [-0.25, -0.2) is 0 Å². The normalized spacial score (nSPS) is 16.0. The van der Waals surface area contributed by atoms with Crippen molar-refractivity contribution in [1.82, 2.24) is 5.32 Å². The van der Waals surface area contributed by atoms with Crippen LogP contribution in [0, 0.1) is 5.41 Å². The SMILES string of the molecule is O=C(O)C1(C(=O)NCCc2ccccc2OC(F)(F)F)CC1. The topological polar surface area (TPSA) is 75.6 Å². The number of benzene rings is 1. The average molecular weight is 317 g/mol. The van der Waals surface area contributed by atoms with Gasteiger partial charge in [0.2, 0.25) is 5.91 Å². The number of carbonyl (C=O) groups is 2. The Kier molecular flexibility index (Phi) is 4.30. The number of aliphatic carboxylic acids is 1. The fourth-order valence-electron chi connectivity index (χ4n) is 2.08. The first kappa shape index (κ1) is 16.1. The van der Waals surface area contributed by atoms with Crippen molar-refractivity contribution in [3.8, 4) is 5.75 Å². The maximum Gasteiger partial charge on any atom is 0.573 e. The average Bonchev–Trinajstić information content (AvgIpc) is 3.20. The molecule has 0 atom stereocenters. The van der Waals surface area contributed by atoms with E-state index in [2.05, 4.69) is 10.1 Å². The molecule has 0 aliphatic heterocycles. The molecule has 1 aromatic carbocycles. The quantitative estimate of drug-likeness (QED) is 0.788. The predicted molar refractivity (Wildman–Crippen MR) is 69.1 cm³/mol. The lowest BCUT2D eigenvalue weighted by atomic mass is 10.1. The molecule has 1 aliphatic rings. The standard InChI is InChI=1S/C14H14F3NO4/c15-14(16,17)22-10-4-2-1-3-9(10)5-8-18-11(19)13(6-7-13)12(20)21/h1-4H,5-8H2,(H,18,19)(H,20,21). The maximum atomic E-state index is 12.3. The van der Waals surface area contributed by atoms with E-state index in [0.717, 1.165) is 0 Å². The first-order valence-electron chi connectivity index (χ1n) is 6.60. The summed E-state index contributed by atoms with van der Waals surface area (Å²) in [6.45, 7) is 0.0338. The highest BCUT2D eigenvalue weighted by Crippen LogP contribution is 2.46. The summed E-state index contributed by atoms with van der Waals surface area (Å²) in [7, 11) is 0. The van der Waals surface area contributed by atoms with E-state index in [1.165, 1.54) is 18.2 Å². The summed E-state index contributed by atoms with van der Waals surface area (Å²) in [6.07, 6.45) is -4.13. The highest BCUT2D eigenvalue weighted by Gasteiger charge is 2.56. The molecule has 0 spiro atoms. The molecule has 1 aromatic rings. The molecule has 1 aliphatic carbocycles. The fourth-order valence-corrected chi connectivity index (χ4v) is 2.08. The number of ether oxygens (including phenoxy) is 1. The zero-order chi connectivity index (χ0) is 16.4. The molecule has 1 amide bonds. The van der Waals surface area contributed by atoms with Gasteiger partial charge >= 0.3 is 12.3 Å². The van der Waals surface area contributed by atoms with Gasteiger partial charge in [0.25, 0.3) is 0 Å². The van der Waals surface area contributed by atoms with E-state index in [4.69, 9.17) is 5.11 Å². The van der Waals surface area contributed by atoms with Crippen LogP contribution in [0.15, 0.2) is 24.3 Å². The molecule has 0 saturated heterocycles. The number of carbonyl (C=O) groups excluding carboxylic acids is 1. The Hall–Kier alpha value is -2.25. The van der Waals surface area contributed by atoms with Gasteiger partial charge < -0.3 is 15.2 Å². The Balaban J connectivity index is 1.92. The van der Waals surface area contributed by atoms with Crippen molar-refractivity contribution >= 4 is 11.9 Å². The number of rotatable bonds is 6. The minimum atomic E-state index is -4.79. The van der Waals surface area contributed by atoms with Crippen molar-refractivity contribution < 1.29 is 32.6 Å². The van der Waals surface area contributed by atoms with E-state index in [0.29, 0.717) is 0 Å². The van der Waals surface area contributed by atoms with Crippen LogP contribution in [0.1, 0.15) is 18.4 Å². The summed E-state index contributed by atoms with van der Waals surface area (Å²) in [5.74, 6) is -2.11. The molecule has 1 saturated carbocycles. The van der Waals surface area contributed by atoms with Crippen LogP contribution in [0.5, 0.6) is 5.75 Å². The van der Waals surface area contributed by atoms with E-state index in [9.17, 15) is 22.8 Å². The molecular formula is C14H14F3NO4. The summed E-state index contributed by atoms with van der Waals surface area (Å²) < 4.78 is 40.7. The van der Waals surface area contributed by atoms with Gasteiger partial charge in [-0.1, -0.05) is 18.2 Å². The van der Waals surface area contributed by atoms with Gasteiger partial charge in [-0.3, -0.25) is 9.59 Å². The number of para-hydroxylation sites is 1. The van der Waals surface area contributed by atoms with Crippen LogP contribution >= 0.6 is 0 Å². The number of nitrogens with one attached hydrogen (secondary N) is 1. The number of amides is 1. The lowest BCUT2D eigenvalue weighted by Crippen LogP contribution is -2.38. The van der Waals surface area contributed by atoms with E-state index in [1.807, 2.05) is 0 Å². The number of hydrogen-bond acceptors (Lipinski definition) is 3. The first-order chi connectivity index (χ1) is 10.2. The van der Waals surface area contributed by atoms with Crippen molar-refractivity contribution in [2.24, 2.45) is 5.41 Å². The largest absolute Gasteiger partial charge is 0.573 e. The smallest absolute Gasteiger partial charge is 0.480 e. The summed E-state index contributed by atoms with van der Waals surface area (Å²) in [5, 5.41) is 11.4. The molecule has 22 heavy (non-hydrogen) atoms. The van der Waals surface area contributed by atoms with Gasteiger partial charge in [-0.15, -0.1) is 13.2 Å². The second-order valence-corrected chi connectivity index (χ2v) is 5.05. The minimum absolute atomic E-state index is 0.0338. The summed E-state index contributed by atoms with van der Waals surface area (Å²) >= 11 is 0. The van der Waals surface area contributed by atoms with Crippen molar-refractivity contribution in [2.75, 3.05) is 6.54 Å². The number of carboxylic acid groups (broad SMARTS) is 1. The Labute approximate surface area is 124 Å². The minimum Gasteiger partial charge on any atom is -0.480 e. The molecule has 2 N–H and O–H groups in total. The summed E-state index contributed by atoms with van der Waals surface area (Å²) in [4.78, 5) is 22.7. The molecule has 0 bridgehead atoms. The highest BCUT2D eigenvalue weighted by atomic mass is 19.4. The molecular weight excluding hydrogens is 303 g/mol. The Morgan fingerprint density at radius 3 is 2.45 bits per heavy atom. The zero-order valence-corrected chi connectivity index (χ0v) is 11.4. The second-order valence-electron chi connectivity index (χ2n) is 5.05. The van der Waals surface area contributed by atoms with Crippen LogP contribution in [0.3, 0.4) is 0 Å². The van der Waals surface area contributed by atoms with E-state index < -0.39 is 23.7 Å². The summed E-state index contributed by atoms with van der Waals surface area (Å²) in [6, 6.07) is 5.61. The summed E-state index contributed by atoms with van der Waals surface area (Å²) in [5.41, 5.74) is -1.08. The molecule has 2 rings (SSSR count). The van der Waals surface area contributed by atoms with E-state index in [1.54, 1.807) is 6.07 Å². The molecule has 0 unspecified atom stereocenters. The van der Waals surface area contributed by atoms with Crippen molar-refractivity contribution in [3.63, 3.8) is 0 Å². The third-order valence-electron chi connectivity index (χ3n) is 3.47. The molecule has 0 aromatic heterocycles. The van der Waals surface area contributed by atoms with Gasteiger partial charge in [0.15, 0.2) is 0 Å². The third kappa shape index (κ3) is 3.69. The zero-order valence-electron chi connectivity index (χ0n) is 11.4. The number of halogens is 3. The first-order valence-corrected chi connectivity index (χ1v) is 6.60. The predicted octanol–water partition coefficient (Wildman–Crippen LogP) is 2.11. The molecule has 0 radical (unpaired) electrons. The van der Waals surface area contributed by atoms with Gasteiger partial charge in [-0.2, -0.15) is 0 Å². The third-order valence-corrected chi connectivity index (χ3v) is 3.47. The van der Waals surface area contributed by atoms with E-state index >= 15 is 0 Å². The Bertz CT molecular complexity index is 582.